The second-order valence-corrected chi connectivity index (χ2v) is 6.65. The molecule has 2 heterocycles. The van der Waals surface area contributed by atoms with Crippen LogP contribution in [0.5, 0.6) is 0 Å². The standard InChI is InChI=1S/C16H30N2O2/c1-2-6-16(7-3-1,18-8-12-20-13-9-18)14-17-15-4-10-19-11-5-15/h15,17H,1-14H2. The van der Waals surface area contributed by atoms with Gasteiger partial charge in [-0.15, -0.1) is 0 Å². The molecule has 0 atom stereocenters. The third-order valence-corrected chi connectivity index (χ3v) is 5.41. The number of nitrogens with zero attached hydrogens (tertiary/aromatic N) is 1. The van der Waals surface area contributed by atoms with Gasteiger partial charge in [0, 0.05) is 44.4 Å². The Kier molecular flexibility index (Phi) is 5.32. The molecule has 0 unspecified atom stereocenters. The zero-order chi connectivity index (χ0) is 13.7. The maximum absolute atomic E-state index is 5.55. The molecule has 1 N–H and O–H groups in total. The van der Waals surface area contributed by atoms with Crippen LogP contribution in [0.1, 0.15) is 44.9 Å². The maximum Gasteiger partial charge on any atom is 0.0594 e. The fourth-order valence-corrected chi connectivity index (χ4v) is 4.09. The van der Waals surface area contributed by atoms with Gasteiger partial charge in [0.15, 0.2) is 0 Å². The molecular formula is C16H30N2O2. The van der Waals surface area contributed by atoms with Crippen molar-refractivity contribution in [3.63, 3.8) is 0 Å². The van der Waals surface area contributed by atoms with E-state index in [-0.39, 0.29) is 0 Å². The Labute approximate surface area is 123 Å². The maximum atomic E-state index is 5.55. The van der Waals surface area contributed by atoms with E-state index in [1.54, 1.807) is 0 Å². The van der Waals surface area contributed by atoms with Crippen LogP contribution in [0.25, 0.3) is 0 Å². The van der Waals surface area contributed by atoms with E-state index in [9.17, 15) is 0 Å². The van der Waals surface area contributed by atoms with Crippen LogP contribution >= 0.6 is 0 Å². The van der Waals surface area contributed by atoms with Crippen LogP contribution < -0.4 is 5.32 Å². The normalized spacial score (nSPS) is 29.4. The predicted molar refractivity (Wildman–Crippen MR) is 80.1 cm³/mol. The van der Waals surface area contributed by atoms with E-state index in [1.165, 1.54) is 44.9 Å². The Balaban J connectivity index is 1.59. The summed E-state index contributed by atoms with van der Waals surface area (Å²) < 4.78 is 11.0. The average molecular weight is 282 g/mol. The van der Waals surface area contributed by atoms with E-state index >= 15 is 0 Å². The van der Waals surface area contributed by atoms with Gasteiger partial charge in [-0.3, -0.25) is 4.90 Å². The summed E-state index contributed by atoms with van der Waals surface area (Å²) >= 11 is 0. The number of nitrogens with one attached hydrogen (secondary N) is 1. The van der Waals surface area contributed by atoms with Gasteiger partial charge in [-0.05, 0) is 25.7 Å². The monoisotopic (exact) mass is 282 g/mol. The Morgan fingerprint density at radius 2 is 1.55 bits per heavy atom. The van der Waals surface area contributed by atoms with E-state index in [0.717, 1.165) is 46.1 Å². The van der Waals surface area contributed by atoms with Crippen LogP contribution in [0.15, 0.2) is 0 Å². The summed E-state index contributed by atoms with van der Waals surface area (Å²) in [6.07, 6.45) is 9.30. The lowest BCUT2D eigenvalue weighted by atomic mass is 9.79. The molecule has 0 amide bonds. The Morgan fingerprint density at radius 1 is 0.900 bits per heavy atom. The van der Waals surface area contributed by atoms with Gasteiger partial charge in [-0.1, -0.05) is 19.3 Å². The SMILES string of the molecule is C1CCC(CNC2CCOCC2)(N2CCOCC2)CC1. The minimum Gasteiger partial charge on any atom is -0.381 e. The summed E-state index contributed by atoms with van der Waals surface area (Å²) in [6, 6.07) is 0.670. The molecule has 2 saturated heterocycles. The third-order valence-electron chi connectivity index (χ3n) is 5.41. The first-order valence-electron chi connectivity index (χ1n) is 8.53. The van der Waals surface area contributed by atoms with Gasteiger partial charge in [0.05, 0.1) is 13.2 Å². The van der Waals surface area contributed by atoms with Gasteiger partial charge < -0.3 is 14.8 Å². The fraction of sp³-hybridized carbons (Fsp3) is 1.00. The van der Waals surface area contributed by atoms with Gasteiger partial charge in [0.2, 0.25) is 0 Å². The smallest absolute Gasteiger partial charge is 0.0594 e. The number of hydrogen-bond acceptors (Lipinski definition) is 4. The molecule has 1 saturated carbocycles. The summed E-state index contributed by atoms with van der Waals surface area (Å²) in [4.78, 5) is 2.72. The Bertz CT molecular complexity index is 280. The molecule has 0 spiro atoms. The first-order valence-corrected chi connectivity index (χ1v) is 8.53. The highest BCUT2D eigenvalue weighted by Gasteiger charge is 2.38. The second-order valence-electron chi connectivity index (χ2n) is 6.65. The van der Waals surface area contributed by atoms with Crippen molar-refractivity contribution in [1.82, 2.24) is 10.2 Å². The zero-order valence-electron chi connectivity index (χ0n) is 12.7. The van der Waals surface area contributed by atoms with Crippen molar-refractivity contribution in [2.24, 2.45) is 0 Å². The number of hydrogen-bond donors (Lipinski definition) is 1. The molecule has 3 fully saturated rings. The molecule has 3 rings (SSSR count). The van der Waals surface area contributed by atoms with Gasteiger partial charge in [0.25, 0.3) is 0 Å². The first-order chi connectivity index (χ1) is 9.89. The van der Waals surface area contributed by atoms with E-state index in [1.807, 2.05) is 0 Å². The van der Waals surface area contributed by atoms with Crippen LogP contribution in [0, 0.1) is 0 Å². The van der Waals surface area contributed by atoms with E-state index in [2.05, 4.69) is 10.2 Å². The molecule has 0 aromatic rings. The van der Waals surface area contributed by atoms with Gasteiger partial charge >= 0.3 is 0 Å². The van der Waals surface area contributed by atoms with Crippen molar-refractivity contribution in [3.8, 4) is 0 Å². The highest BCUT2D eigenvalue weighted by molar-refractivity contribution is 4.96. The first kappa shape index (κ1) is 14.8. The predicted octanol–water partition coefficient (Wildman–Crippen LogP) is 1.79. The average Bonchev–Trinajstić information content (AvgIpc) is 2.56. The zero-order valence-corrected chi connectivity index (χ0v) is 12.7. The molecule has 1 aliphatic carbocycles. The lowest BCUT2D eigenvalue weighted by molar-refractivity contribution is -0.0392. The fourth-order valence-electron chi connectivity index (χ4n) is 4.09. The highest BCUT2D eigenvalue weighted by Crippen LogP contribution is 2.34. The summed E-state index contributed by atoms with van der Waals surface area (Å²) in [6.45, 7) is 7.10. The topological polar surface area (TPSA) is 33.7 Å². The molecule has 0 radical (unpaired) electrons. The molecule has 0 aromatic carbocycles. The summed E-state index contributed by atoms with van der Waals surface area (Å²) in [7, 11) is 0. The van der Waals surface area contributed by atoms with Gasteiger partial charge in [0.1, 0.15) is 0 Å². The number of morpholine rings is 1. The van der Waals surface area contributed by atoms with E-state index in [0.29, 0.717) is 11.6 Å². The minimum atomic E-state index is 0.403. The molecule has 20 heavy (non-hydrogen) atoms. The number of rotatable bonds is 4. The molecule has 4 heteroatoms. The molecule has 0 aromatic heterocycles. The van der Waals surface area contributed by atoms with Crippen molar-refractivity contribution in [1.29, 1.82) is 0 Å². The summed E-state index contributed by atoms with van der Waals surface area (Å²) in [5.74, 6) is 0. The van der Waals surface area contributed by atoms with Crippen LogP contribution in [0.3, 0.4) is 0 Å². The summed E-state index contributed by atoms with van der Waals surface area (Å²) in [5, 5.41) is 3.87. The Hall–Kier alpha value is -0.160. The van der Waals surface area contributed by atoms with Crippen molar-refractivity contribution < 1.29 is 9.47 Å². The van der Waals surface area contributed by atoms with Crippen LogP contribution in [0.4, 0.5) is 0 Å². The van der Waals surface area contributed by atoms with Crippen molar-refractivity contribution in [3.05, 3.63) is 0 Å². The Morgan fingerprint density at radius 3 is 2.25 bits per heavy atom. The van der Waals surface area contributed by atoms with Gasteiger partial charge in [-0.2, -0.15) is 0 Å². The molecule has 116 valence electrons. The van der Waals surface area contributed by atoms with E-state index < -0.39 is 0 Å². The van der Waals surface area contributed by atoms with Crippen LogP contribution in [-0.2, 0) is 9.47 Å². The van der Waals surface area contributed by atoms with Crippen LogP contribution in [-0.4, -0.2) is 62.5 Å². The second kappa shape index (κ2) is 7.21. The molecule has 4 nitrogen and oxygen atoms in total. The molecular weight excluding hydrogens is 252 g/mol. The van der Waals surface area contributed by atoms with Crippen molar-refractivity contribution in [2.45, 2.75) is 56.5 Å². The highest BCUT2D eigenvalue weighted by atomic mass is 16.5. The quantitative estimate of drug-likeness (QED) is 0.852. The number of ether oxygens (including phenoxy) is 2. The third kappa shape index (κ3) is 3.53. The largest absolute Gasteiger partial charge is 0.381 e. The minimum absolute atomic E-state index is 0.403. The van der Waals surface area contributed by atoms with Gasteiger partial charge in [-0.25, -0.2) is 0 Å². The molecule has 0 bridgehead atoms. The van der Waals surface area contributed by atoms with Crippen LogP contribution in [0.2, 0.25) is 0 Å². The lowest BCUT2D eigenvalue weighted by Crippen LogP contribution is -2.60. The van der Waals surface area contributed by atoms with Crippen molar-refractivity contribution in [2.75, 3.05) is 46.1 Å². The van der Waals surface area contributed by atoms with E-state index in [4.69, 9.17) is 9.47 Å². The molecule has 2 aliphatic heterocycles. The van der Waals surface area contributed by atoms with Crippen molar-refractivity contribution >= 4 is 0 Å². The molecule has 3 aliphatic rings. The summed E-state index contributed by atoms with van der Waals surface area (Å²) in [5.41, 5.74) is 0.403. The lowest BCUT2D eigenvalue weighted by Gasteiger charge is -2.49.